The van der Waals surface area contributed by atoms with E-state index in [2.05, 4.69) is 22.6 Å². The highest BCUT2D eigenvalue weighted by Crippen LogP contribution is 2.18. The van der Waals surface area contributed by atoms with E-state index >= 15 is 0 Å². The van der Waals surface area contributed by atoms with E-state index in [-0.39, 0.29) is 6.04 Å². The van der Waals surface area contributed by atoms with Crippen LogP contribution >= 0.6 is 0 Å². The van der Waals surface area contributed by atoms with Gasteiger partial charge in [0.1, 0.15) is 0 Å². The summed E-state index contributed by atoms with van der Waals surface area (Å²) < 4.78 is 0. The number of likely N-dealkylation sites (tertiary alicyclic amines) is 1. The molecule has 1 saturated heterocycles. The molecular weight excluding hydrogens is 218 g/mol. The molecule has 1 saturated carbocycles. The molecule has 2 N–H and O–H groups in total. The van der Waals surface area contributed by atoms with Gasteiger partial charge in [-0.2, -0.15) is 0 Å². The summed E-state index contributed by atoms with van der Waals surface area (Å²) in [6.45, 7) is 2.79. The molecule has 17 heavy (non-hydrogen) atoms. The number of amides is 2. The van der Waals surface area contributed by atoms with Crippen LogP contribution < -0.4 is 10.6 Å². The molecule has 2 amide bonds. The number of rotatable bonds is 3. The lowest BCUT2D eigenvalue weighted by Gasteiger charge is -2.28. The molecule has 96 valence electrons. The van der Waals surface area contributed by atoms with Crippen molar-refractivity contribution in [3.63, 3.8) is 0 Å². The predicted molar refractivity (Wildman–Crippen MR) is 64.4 cm³/mol. The topological polar surface area (TPSA) is 61.4 Å². The summed E-state index contributed by atoms with van der Waals surface area (Å²) >= 11 is 0. The Morgan fingerprint density at radius 3 is 2.35 bits per heavy atom. The molecule has 0 aromatic heterocycles. The Labute approximate surface area is 102 Å². The predicted octanol–water partition coefficient (Wildman–Crippen LogP) is -0.277. The van der Waals surface area contributed by atoms with Crippen molar-refractivity contribution in [1.29, 1.82) is 0 Å². The molecule has 0 radical (unpaired) electrons. The second-order valence-electron chi connectivity index (χ2n) is 5.20. The SMILES string of the molecule is CN1CCC(CNC(=O)C(=O)NC2CC2)CC1. The van der Waals surface area contributed by atoms with Gasteiger partial charge in [0.25, 0.3) is 0 Å². The minimum absolute atomic E-state index is 0.247. The van der Waals surface area contributed by atoms with Crippen LogP contribution in [0, 0.1) is 5.92 Å². The van der Waals surface area contributed by atoms with Gasteiger partial charge in [0.05, 0.1) is 0 Å². The summed E-state index contributed by atoms with van der Waals surface area (Å²) in [4.78, 5) is 25.2. The molecule has 1 aliphatic carbocycles. The first-order valence-electron chi connectivity index (χ1n) is 6.42. The third-order valence-electron chi connectivity index (χ3n) is 3.51. The van der Waals surface area contributed by atoms with E-state index in [1.54, 1.807) is 0 Å². The van der Waals surface area contributed by atoms with Crippen molar-refractivity contribution >= 4 is 11.8 Å². The number of carbonyl (C=O) groups excluding carboxylic acids is 2. The number of nitrogens with one attached hydrogen (secondary N) is 2. The Morgan fingerprint density at radius 2 is 1.76 bits per heavy atom. The Kier molecular flexibility index (Phi) is 3.99. The third-order valence-corrected chi connectivity index (χ3v) is 3.51. The number of carbonyl (C=O) groups is 2. The second-order valence-corrected chi connectivity index (χ2v) is 5.20. The Hall–Kier alpha value is -1.10. The highest BCUT2D eigenvalue weighted by molar-refractivity contribution is 6.35. The van der Waals surface area contributed by atoms with Crippen molar-refractivity contribution < 1.29 is 9.59 Å². The fraction of sp³-hybridized carbons (Fsp3) is 0.833. The minimum atomic E-state index is -0.476. The van der Waals surface area contributed by atoms with Crippen molar-refractivity contribution in [2.75, 3.05) is 26.7 Å². The Morgan fingerprint density at radius 1 is 1.12 bits per heavy atom. The van der Waals surface area contributed by atoms with Crippen LogP contribution in [0.2, 0.25) is 0 Å². The quantitative estimate of drug-likeness (QED) is 0.666. The maximum Gasteiger partial charge on any atom is 0.309 e. The average molecular weight is 239 g/mol. The Balaban J connectivity index is 1.63. The maximum absolute atomic E-state index is 11.5. The van der Waals surface area contributed by atoms with Gasteiger partial charge >= 0.3 is 11.8 Å². The lowest BCUT2D eigenvalue weighted by molar-refractivity contribution is -0.139. The van der Waals surface area contributed by atoms with Crippen molar-refractivity contribution in [3.8, 4) is 0 Å². The molecule has 0 bridgehead atoms. The molecule has 0 aromatic rings. The maximum atomic E-state index is 11.5. The van der Waals surface area contributed by atoms with Crippen molar-refractivity contribution in [1.82, 2.24) is 15.5 Å². The van der Waals surface area contributed by atoms with Gasteiger partial charge in [-0.25, -0.2) is 0 Å². The number of hydrogen-bond donors (Lipinski definition) is 2. The molecule has 2 rings (SSSR count). The lowest BCUT2D eigenvalue weighted by Crippen LogP contribution is -2.44. The van der Waals surface area contributed by atoms with Gasteiger partial charge < -0.3 is 15.5 Å². The fourth-order valence-electron chi connectivity index (χ4n) is 2.06. The van der Waals surface area contributed by atoms with E-state index in [1.165, 1.54) is 0 Å². The summed E-state index contributed by atoms with van der Waals surface area (Å²) in [5, 5.41) is 5.42. The molecule has 2 fully saturated rings. The van der Waals surface area contributed by atoms with Crippen LogP contribution in [-0.2, 0) is 9.59 Å². The van der Waals surface area contributed by atoms with Gasteiger partial charge in [0.2, 0.25) is 0 Å². The van der Waals surface area contributed by atoms with Crippen LogP contribution in [0.4, 0.5) is 0 Å². The van der Waals surface area contributed by atoms with E-state index in [4.69, 9.17) is 0 Å². The molecule has 0 atom stereocenters. The van der Waals surface area contributed by atoms with E-state index in [1.807, 2.05) is 0 Å². The van der Waals surface area contributed by atoms with Gasteiger partial charge in [-0.05, 0) is 51.7 Å². The van der Waals surface area contributed by atoms with Crippen molar-refractivity contribution in [3.05, 3.63) is 0 Å². The van der Waals surface area contributed by atoms with E-state index < -0.39 is 11.8 Å². The highest BCUT2D eigenvalue weighted by atomic mass is 16.2. The standard InChI is InChI=1S/C12H21N3O2/c1-15-6-4-9(5-7-15)8-13-11(16)12(17)14-10-2-3-10/h9-10H,2-8H2,1H3,(H,13,16)(H,14,17). The molecule has 0 aromatic carbocycles. The van der Waals surface area contributed by atoms with Gasteiger partial charge in [-0.15, -0.1) is 0 Å². The van der Waals surface area contributed by atoms with Gasteiger partial charge in [0, 0.05) is 12.6 Å². The first-order valence-corrected chi connectivity index (χ1v) is 6.42. The molecule has 1 heterocycles. The fourth-order valence-corrected chi connectivity index (χ4v) is 2.06. The normalized spacial score (nSPS) is 22.2. The first kappa shape index (κ1) is 12.4. The molecule has 0 unspecified atom stereocenters. The van der Waals surface area contributed by atoms with Crippen LogP contribution in [0.15, 0.2) is 0 Å². The van der Waals surface area contributed by atoms with Crippen LogP contribution in [0.3, 0.4) is 0 Å². The zero-order chi connectivity index (χ0) is 12.3. The number of piperidine rings is 1. The van der Waals surface area contributed by atoms with Gasteiger partial charge in [0.15, 0.2) is 0 Å². The zero-order valence-corrected chi connectivity index (χ0v) is 10.4. The van der Waals surface area contributed by atoms with E-state index in [9.17, 15) is 9.59 Å². The average Bonchev–Trinajstić information content (AvgIpc) is 3.11. The molecule has 2 aliphatic rings. The molecule has 0 spiro atoms. The monoisotopic (exact) mass is 239 g/mol. The van der Waals surface area contributed by atoms with Crippen LogP contribution in [0.25, 0.3) is 0 Å². The summed E-state index contributed by atoms with van der Waals surface area (Å²) in [6.07, 6.45) is 4.21. The lowest BCUT2D eigenvalue weighted by atomic mass is 9.97. The summed E-state index contributed by atoms with van der Waals surface area (Å²) in [5.74, 6) is -0.430. The van der Waals surface area contributed by atoms with Crippen LogP contribution in [-0.4, -0.2) is 49.4 Å². The van der Waals surface area contributed by atoms with E-state index in [0.717, 1.165) is 38.8 Å². The largest absolute Gasteiger partial charge is 0.348 e. The summed E-state index contributed by atoms with van der Waals surface area (Å²) in [5.41, 5.74) is 0. The first-order chi connectivity index (χ1) is 8.15. The number of nitrogens with zero attached hydrogens (tertiary/aromatic N) is 1. The molecule has 5 heteroatoms. The van der Waals surface area contributed by atoms with Crippen LogP contribution in [0.1, 0.15) is 25.7 Å². The Bertz CT molecular complexity index is 294. The number of hydrogen-bond acceptors (Lipinski definition) is 3. The minimum Gasteiger partial charge on any atom is -0.348 e. The summed E-state index contributed by atoms with van der Waals surface area (Å²) in [6, 6.07) is 0.247. The second kappa shape index (κ2) is 5.49. The highest BCUT2D eigenvalue weighted by Gasteiger charge is 2.26. The van der Waals surface area contributed by atoms with E-state index in [0.29, 0.717) is 12.5 Å². The smallest absolute Gasteiger partial charge is 0.309 e. The van der Waals surface area contributed by atoms with Gasteiger partial charge in [-0.1, -0.05) is 0 Å². The third kappa shape index (κ3) is 4.00. The van der Waals surface area contributed by atoms with Gasteiger partial charge in [-0.3, -0.25) is 9.59 Å². The van der Waals surface area contributed by atoms with Crippen molar-refractivity contribution in [2.24, 2.45) is 5.92 Å². The molecule has 1 aliphatic heterocycles. The van der Waals surface area contributed by atoms with Crippen LogP contribution in [0.5, 0.6) is 0 Å². The molecular formula is C12H21N3O2. The van der Waals surface area contributed by atoms with Crippen molar-refractivity contribution in [2.45, 2.75) is 31.7 Å². The zero-order valence-electron chi connectivity index (χ0n) is 10.4. The molecule has 5 nitrogen and oxygen atoms in total. The summed E-state index contributed by atoms with van der Waals surface area (Å²) in [7, 11) is 2.11.